The van der Waals surface area contributed by atoms with Crippen LogP contribution in [0, 0.1) is 120 Å². The van der Waals surface area contributed by atoms with Gasteiger partial charge in [-0.3, -0.25) is 67.3 Å². The number of carbonyl (C=O) groups is 12. The van der Waals surface area contributed by atoms with Crippen LogP contribution >= 0.6 is 0 Å². The largest absolute Gasteiger partial charge is 0.494 e. The van der Waals surface area contributed by atoms with Crippen molar-refractivity contribution in [3.8, 4) is 34.5 Å². The number of hydrogen-bond acceptors (Lipinski definition) is 22. The molecule has 0 radical (unpaired) electrons. The van der Waals surface area contributed by atoms with E-state index in [9.17, 15) is 67.7 Å². The highest BCUT2D eigenvalue weighted by Crippen LogP contribution is 2.71. The number of benzene rings is 6. The number of hydrogen-bond donors (Lipinski definition) is 6. The number of anilines is 4. The molecule has 16 unspecified atom stereocenters. The third-order valence-corrected chi connectivity index (χ3v) is 23.8. The zero-order chi connectivity index (χ0) is 80.1. The zero-order valence-electron chi connectivity index (χ0n) is 64.0. The summed E-state index contributed by atoms with van der Waals surface area (Å²) in [5.41, 5.74) is 16.1. The fraction of sp³-hybridized carbons (Fsp3) is 0.442. The number of nitrogen functional groups attached to an aromatic ring is 2. The van der Waals surface area contributed by atoms with Crippen LogP contribution in [0.5, 0.6) is 34.5 Å². The van der Waals surface area contributed by atoms with Crippen LogP contribution in [0.15, 0.2) is 146 Å². The van der Waals surface area contributed by atoms with Crippen molar-refractivity contribution in [2.75, 3.05) is 75.4 Å². The van der Waals surface area contributed by atoms with Gasteiger partial charge < -0.3 is 81.2 Å². The van der Waals surface area contributed by atoms with Gasteiger partial charge in [0, 0.05) is 31.2 Å². The minimum absolute atomic E-state index is 0. The maximum atomic E-state index is 13.2. The monoisotopic (exact) mass is 1600 g/mol. The van der Waals surface area contributed by atoms with Crippen molar-refractivity contribution in [1.82, 2.24) is 10.2 Å². The number of esters is 4. The van der Waals surface area contributed by atoms with E-state index in [4.69, 9.17) is 39.9 Å². The van der Waals surface area contributed by atoms with Gasteiger partial charge in [0.2, 0.25) is 35.4 Å². The molecule has 6 aliphatic carbocycles. The van der Waals surface area contributed by atoms with Crippen molar-refractivity contribution < 1.29 is 117 Å². The number of rotatable bonds is 30. The van der Waals surface area contributed by atoms with Crippen molar-refractivity contribution in [1.29, 1.82) is 0 Å². The summed E-state index contributed by atoms with van der Waals surface area (Å²) >= 11 is 0. The van der Waals surface area contributed by atoms with E-state index >= 15 is 0 Å². The first-order valence-corrected chi connectivity index (χ1v) is 38.5. The number of nitrogens with zero attached hydrogens (tertiary/aromatic N) is 2. The number of cyclic esters (lactones) is 4. The number of carbonyl (C=O) groups excluding carboxylic acids is 10. The number of ether oxygens (including phenoxy) is 8. The molecule has 10 aliphatic rings. The molecule has 6 aromatic carbocycles. The molecule has 0 aromatic heterocycles. The average molecular weight is 1600 g/mol. The summed E-state index contributed by atoms with van der Waals surface area (Å²) in [4.78, 5) is 148. The second kappa shape index (κ2) is 37.6. The first kappa shape index (κ1) is 86.5. The van der Waals surface area contributed by atoms with Crippen molar-refractivity contribution in [2.45, 2.75) is 79.1 Å². The first-order valence-electron chi connectivity index (χ1n) is 38.5. The Hall–Kier alpha value is -11.9. The third kappa shape index (κ3) is 17.5. The summed E-state index contributed by atoms with van der Waals surface area (Å²) in [5, 5.41) is 24.4. The van der Waals surface area contributed by atoms with Crippen LogP contribution in [0.2, 0.25) is 0 Å². The van der Waals surface area contributed by atoms with Gasteiger partial charge in [-0.25, -0.2) is 0 Å². The Morgan fingerprint density at radius 2 is 0.638 bits per heavy atom. The Morgan fingerprint density at radius 3 is 0.948 bits per heavy atom. The molecule has 0 spiro atoms. The average Bonchev–Trinajstić information content (AvgIpc) is 1.47. The van der Waals surface area contributed by atoms with Gasteiger partial charge in [-0.15, -0.1) is 0 Å². The maximum absolute atomic E-state index is 13.2. The van der Waals surface area contributed by atoms with E-state index in [1.807, 2.05) is 111 Å². The van der Waals surface area contributed by atoms with Gasteiger partial charge in [0.05, 0.1) is 116 Å². The van der Waals surface area contributed by atoms with E-state index in [-0.39, 0.29) is 65.7 Å². The molecule has 116 heavy (non-hydrogen) atoms. The predicted octanol–water partition coefficient (Wildman–Crippen LogP) is 7.76. The molecule has 6 saturated carbocycles. The summed E-state index contributed by atoms with van der Waals surface area (Å²) in [6.07, 6.45) is 8.63. The fourth-order valence-electron chi connectivity index (χ4n) is 18.1. The third-order valence-electron chi connectivity index (χ3n) is 23.8. The normalized spacial score (nSPS) is 26.8. The molecular weight excluding hydrogens is 1500 g/mol. The Labute approximate surface area is 670 Å². The molecule has 6 amide bonds. The second-order valence-electron chi connectivity index (χ2n) is 30.3. The molecule has 4 saturated heterocycles. The predicted molar refractivity (Wildman–Crippen MR) is 419 cm³/mol. The molecule has 0 bridgehead atoms. The van der Waals surface area contributed by atoms with E-state index in [2.05, 4.69) is 20.1 Å². The van der Waals surface area contributed by atoms with Crippen LogP contribution in [0.3, 0.4) is 0 Å². The number of likely N-dealkylation sites (tertiary alicyclic amines) is 1. The second-order valence-corrected chi connectivity index (χ2v) is 30.3. The lowest BCUT2D eigenvalue weighted by atomic mass is 9.37. The highest BCUT2D eigenvalue weighted by atomic mass is 16.6. The van der Waals surface area contributed by atoms with Gasteiger partial charge in [0.15, 0.2) is 0 Å². The molecule has 16 rings (SSSR count). The van der Waals surface area contributed by atoms with Crippen LogP contribution in [-0.4, -0.2) is 151 Å². The SMILES string of the molecule is C.CNC(=O)C1C(C(=O)O)C2C(C(=O)O)C(C(=O)Nc3ccc(OCCCCCOc4ccc(C)cc4)cc3)C12.Cc1ccc(OCCCCCOc2ccc(N3C(=O)C4C(C3=O)C3C5C(=O)N(C)C(=O)C5C43)cc2)cc1.Nc1ccc(OCCCCCOc2ccc(N)cc2)cc1.O.O.O=C1OC(=O)C2C1C1C3C(=O)OC(=O)C3C21. The Bertz CT molecular complexity index is 4390. The van der Waals surface area contributed by atoms with E-state index in [1.54, 1.807) is 48.5 Å². The summed E-state index contributed by atoms with van der Waals surface area (Å²) in [6.45, 7) is 7.92. The molecule has 6 aromatic rings. The fourth-order valence-corrected chi connectivity index (χ4v) is 18.1. The molecule has 12 N–H and O–H groups in total. The molecule has 618 valence electrons. The summed E-state index contributed by atoms with van der Waals surface area (Å²) < 4.78 is 43.4. The summed E-state index contributed by atoms with van der Waals surface area (Å²) in [5.74, 6) is -12.2. The number of nitrogens with one attached hydrogen (secondary N) is 2. The maximum Gasteiger partial charge on any atom is 0.317 e. The minimum Gasteiger partial charge on any atom is -0.494 e. The van der Waals surface area contributed by atoms with Gasteiger partial charge in [0.25, 0.3) is 0 Å². The van der Waals surface area contributed by atoms with Gasteiger partial charge >= 0.3 is 35.8 Å². The van der Waals surface area contributed by atoms with Crippen LogP contribution < -0.4 is 55.4 Å². The number of aliphatic carboxylic acids is 2. The Kier molecular flexibility index (Phi) is 28.0. The van der Waals surface area contributed by atoms with E-state index in [1.165, 1.54) is 30.1 Å². The standard InChI is InChI=1S/C29H34N2O8.C29H30N2O6.C17H22N2O2.C10H6O6.CH4.2H2O/c1-16-6-10-18(11-7-16)38-14-4-3-5-15-39-19-12-8-17(9-13-19)31-27(33)23-20-21(25(23)29(36)37)24(28(34)35)22(20)26(32)30-2;1-16-6-10-18(11-7-16)36-14-4-3-5-15-37-19-12-8-17(9-13-19)31-28(34)24-20-21(25(24)29(31)35)23-22(20)26(32)30(2)27(23)33;18-14-4-8-16(9-5-14)20-12-2-1-3-13-21-17-10-6-15(19)7-11-17;11-7-3-1-2(5(3)9(13)15-7)6-4(1)8(12)16-10(6)14;;;/h6-13,20-25H,3-5,14-15H2,1-2H3,(H,30,32)(H,31,33)(H,34,35)(H,36,37);6-13,20-25H,3-5,14-15H2,1-2H3;4-11H,1-3,12-13,18-19H2;1-6H;1H4;2*1H2. The van der Waals surface area contributed by atoms with Crippen LogP contribution in [0.1, 0.15) is 76.3 Å². The van der Waals surface area contributed by atoms with Gasteiger partial charge in [-0.2, -0.15) is 0 Å². The van der Waals surface area contributed by atoms with Gasteiger partial charge in [-0.1, -0.05) is 42.8 Å². The van der Waals surface area contributed by atoms with Crippen LogP contribution in [0.25, 0.3) is 0 Å². The molecule has 10 fully saturated rings. The van der Waals surface area contributed by atoms with Gasteiger partial charge in [-0.05, 0) is 228 Å². The molecule has 30 heteroatoms. The Balaban J connectivity index is 0.000000170. The number of nitrogens with two attached hydrogens (primary N) is 2. The molecular formula is C86H100N6O24. The Morgan fingerprint density at radius 1 is 0.371 bits per heavy atom. The number of aryl methyl sites for hydroxylation is 2. The van der Waals surface area contributed by atoms with Crippen molar-refractivity contribution in [2.24, 2.45) is 107 Å². The highest BCUT2D eigenvalue weighted by molar-refractivity contribution is 6.24. The lowest BCUT2D eigenvalue weighted by Crippen LogP contribution is -2.73. The van der Waals surface area contributed by atoms with Crippen molar-refractivity contribution in [3.63, 3.8) is 0 Å². The lowest BCUT2D eigenvalue weighted by molar-refractivity contribution is -0.221. The zero-order valence-corrected chi connectivity index (χ0v) is 64.0. The topological polar surface area (TPSA) is 465 Å². The number of fused-ring (bicyclic) bond motifs is 15. The molecule has 4 aliphatic heterocycles. The summed E-state index contributed by atoms with van der Waals surface area (Å²) in [7, 11) is 2.88. The van der Waals surface area contributed by atoms with E-state index in [0.29, 0.717) is 62.5 Å². The molecule has 30 nitrogen and oxygen atoms in total. The minimum atomic E-state index is -1.23. The molecule has 4 heterocycles. The quantitative estimate of drug-likeness (QED) is 0.00824. The number of amides is 6. The van der Waals surface area contributed by atoms with E-state index in [0.717, 1.165) is 97.1 Å². The van der Waals surface area contributed by atoms with E-state index < -0.39 is 130 Å². The van der Waals surface area contributed by atoms with Crippen LogP contribution in [-0.2, 0) is 67.0 Å². The lowest BCUT2D eigenvalue weighted by Gasteiger charge is -2.63. The number of unbranched alkanes of at least 4 members (excludes halogenated alkanes) is 6. The summed E-state index contributed by atoms with van der Waals surface area (Å²) in [6, 6.07) is 44.6. The number of carboxylic acids is 2. The smallest absolute Gasteiger partial charge is 0.317 e. The van der Waals surface area contributed by atoms with Crippen molar-refractivity contribution in [3.05, 3.63) is 157 Å². The molecule has 16 atom stereocenters. The number of imide groups is 2. The van der Waals surface area contributed by atoms with Crippen LogP contribution in [0.4, 0.5) is 22.7 Å². The van der Waals surface area contributed by atoms with Gasteiger partial charge in [0.1, 0.15) is 34.5 Å². The highest BCUT2D eigenvalue weighted by Gasteiger charge is 2.81. The number of carboxylic acid groups (broad SMARTS) is 2. The van der Waals surface area contributed by atoms with Crippen molar-refractivity contribution >= 4 is 94.0 Å². The first-order chi connectivity index (χ1) is 54.4.